The number of piperazine rings is 1. The molecule has 1 aromatic carbocycles. The topological polar surface area (TPSA) is 57.7 Å². The second kappa shape index (κ2) is 7.07. The van der Waals surface area contributed by atoms with Crippen LogP contribution in [-0.2, 0) is 14.6 Å². The van der Waals surface area contributed by atoms with Gasteiger partial charge in [-0.15, -0.1) is 0 Å². The van der Waals surface area contributed by atoms with Crippen molar-refractivity contribution in [2.75, 3.05) is 37.7 Å². The van der Waals surface area contributed by atoms with Gasteiger partial charge in [0.25, 0.3) is 0 Å². The van der Waals surface area contributed by atoms with E-state index in [9.17, 15) is 13.2 Å². The van der Waals surface area contributed by atoms with Gasteiger partial charge in [0.15, 0.2) is 9.84 Å². The van der Waals surface area contributed by atoms with Crippen molar-refractivity contribution in [3.8, 4) is 0 Å². The predicted molar refractivity (Wildman–Crippen MR) is 95.4 cm³/mol. The summed E-state index contributed by atoms with van der Waals surface area (Å²) >= 11 is 0. The van der Waals surface area contributed by atoms with Gasteiger partial charge in [-0.1, -0.05) is 29.8 Å². The third-order valence-corrected chi connectivity index (χ3v) is 6.60. The molecule has 1 unspecified atom stereocenters. The van der Waals surface area contributed by atoms with Crippen LogP contribution in [0.25, 0.3) is 6.08 Å². The molecule has 0 aliphatic carbocycles. The number of hydrogen-bond donors (Lipinski definition) is 0. The van der Waals surface area contributed by atoms with Crippen LogP contribution < -0.4 is 0 Å². The molecule has 2 aliphatic heterocycles. The highest BCUT2D eigenvalue weighted by Gasteiger charge is 2.34. The van der Waals surface area contributed by atoms with E-state index < -0.39 is 9.84 Å². The molecule has 1 atom stereocenters. The quantitative estimate of drug-likeness (QED) is 0.774. The summed E-state index contributed by atoms with van der Waals surface area (Å²) < 4.78 is 23.2. The van der Waals surface area contributed by atoms with Gasteiger partial charge in [0.1, 0.15) is 0 Å². The Balaban J connectivity index is 1.51. The first-order valence-corrected chi connectivity index (χ1v) is 10.2. The molecule has 0 saturated carbocycles. The summed E-state index contributed by atoms with van der Waals surface area (Å²) in [5.41, 5.74) is 2.22. The maximum absolute atomic E-state index is 12.3. The standard InChI is InChI=1S/C18H24N2O3S/c1-15-2-4-16(5-3-15)6-7-18(21)20-11-9-19(10-12-20)17-8-13-24(22,23)14-17/h2-7,17H,8-14H2,1H3/b7-6+. The lowest BCUT2D eigenvalue weighted by Gasteiger charge is -2.37. The lowest BCUT2D eigenvalue weighted by Crippen LogP contribution is -2.52. The molecule has 2 heterocycles. The number of rotatable bonds is 3. The van der Waals surface area contributed by atoms with E-state index >= 15 is 0 Å². The Morgan fingerprint density at radius 3 is 2.38 bits per heavy atom. The number of sulfone groups is 1. The van der Waals surface area contributed by atoms with Crippen LogP contribution in [0.5, 0.6) is 0 Å². The molecule has 130 valence electrons. The molecule has 2 saturated heterocycles. The second-order valence-electron chi connectivity index (χ2n) is 6.66. The summed E-state index contributed by atoms with van der Waals surface area (Å²) in [6.45, 7) is 4.86. The average Bonchev–Trinajstić information content (AvgIpc) is 2.94. The second-order valence-corrected chi connectivity index (χ2v) is 8.89. The fourth-order valence-electron chi connectivity index (χ4n) is 3.32. The zero-order valence-corrected chi connectivity index (χ0v) is 14.8. The van der Waals surface area contributed by atoms with Crippen LogP contribution in [0.4, 0.5) is 0 Å². The molecular weight excluding hydrogens is 324 g/mol. The minimum atomic E-state index is -2.85. The first-order chi connectivity index (χ1) is 11.4. The van der Waals surface area contributed by atoms with Gasteiger partial charge >= 0.3 is 0 Å². The van der Waals surface area contributed by atoms with Crippen molar-refractivity contribution in [3.05, 3.63) is 41.5 Å². The van der Waals surface area contributed by atoms with Gasteiger partial charge in [-0.3, -0.25) is 9.69 Å². The van der Waals surface area contributed by atoms with Gasteiger partial charge in [-0.25, -0.2) is 8.42 Å². The Kier molecular flexibility index (Phi) is 5.06. The van der Waals surface area contributed by atoms with E-state index in [0.29, 0.717) is 18.8 Å². The summed E-state index contributed by atoms with van der Waals surface area (Å²) in [6, 6.07) is 8.18. The lowest BCUT2D eigenvalue weighted by molar-refractivity contribution is -0.127. The van der Waals surface area contributed by atoms with Crippen molar-refractivity contribution in [2.45, 2.75) is 19.4 Å². The van der Waals surface area contributed by atoms with Crippen molar-refractivity contribution in [3.63, 3.8) is 0 Å². The highest BCUT2D eigenvalue weighted by Crippen LogP contribution is 2.19. The van der Waals surface area contributed by atoms with Crippen molar-refractivity contribution in [1.29, 1.82) is 0 Å². The fourth-order valence-corrected chi connectivity index (χ4v) is 5.08. The normalized spacial score (nSPS) is 24.5. The van der Waals surface area contributed by atoms with E-state index in [0.717, 1.165) is 25.1 Å². The van der Waals surface area contributed by atoms with E-state index in [1.54, 1.807) is 6.08 Å². The Morgan fingerprint density at radius 1 is 1.12 bits per heavy atom. The molecule has 1 aromatic rings. The van der Waals surface area contributed by atoms with E-state index in [4.69, 9.17) is 0 Å². The lowest BCUT2D eigenvalue weighted by atomic mass is 10.1. The molecule has 0 radical (unpaired) electrons. The predicted octanol–water partition coefficient (Wildman–Crippen LogP) is 1.34. The maximum Gasteiger partial charge on any atom is 0.246 e. The van der Waals surface area contributed by atoms with Gasteiger partial charge in [0.05, 0.1) is 11.5 Å². The fraction of sp³-hybridized carbons (Fsp3) is 0.500. The number of amides is 1. The van der Waals surface area contributed by atoms with Crippen LogP contribution in [0, 0.1) is 6.92 Å². The van der Waals surface area contributed by atoms with Crippen molar-refractivity contribution in [2.24, 2.45) is 0 Å². The first kappa shape index (κ1) is 17.2. The SMILES string of the molecule is Cc1ccc(/C=C/C(=O)N2CCN(C3CCS(=O)(=O)C3)CC2)cc1. The molecule has 5 nitrogen and oxygen atoms in total. The van der Waals surface area contributed by atoms with E-state index in [1.807, 2.05) is 42.2 Å². The summed E-state index contributed by atoms with van der Waals surface area (Å²) in [7, 11) is -2.85. The van der Waals surface area contributed by atoms with Crippen LogP contribution >= 0.6 is 0 Å². The smallest absolute Gasteiger partial charge is 0.246 e. The van der Waals surface area contributed by atoms with Gasteiger partial charge in [0.2, 0.25) is 5.91 Å². The van der Waals surface area contributed by atoms with Crippen LogP contribution in [0.1, 0.15) is 17.5 Å². The van der Waals surface area contributed by atoms with Gasteiger partial charge in [0, 0.05) is 38.3 Å². The molecule has 2 aliphatic rings. The highest BCUT2D eigenvalue weighted by atomic mass is 32.2. The average molecular weight is 348 g/mol. The molecule has 0 aromatic heterocycles. The van der Waals surface area contributed by atoms with Crippen molar-refractivity contribution in [1.82, 2.24) is 9.80 Å². The zero-order chi connectivity index (χ0) is 17.2. The molecule has 0 N–H and O–H groups in total. The molecule has 24 heavy (non-hydrogen) atoms. The monoisotopic (exact) mass is 348 g/mol. The molecule has 3 rings (SSSR count). The molecule has 0 bridgehead atoms. The minimum absolute atomic E-state index is 0.0225. The molecule has 2 fully saturated rings. The van der Waals surface area contributed by atoms with Gasteiger partial charge < -0.3 is 4.90 Å². The molecular formula is C18H24N2O3S. The third kappa shape index (κ3) is 4.24. The first-order valence-electron chi connectivity index (χ1n) is 8.41. The van der Waals surface area contributed by atoms with E-state index in [1.165, 1.54) is 5.56 Å². The van der Waals surface area contributed by atoms with Crippen molar-refractivity contribution < 1.29 is 13.2 Å². The molecule has 0 spiro atoms. The van der Waals surface area contributed by atoms with Crippen LogP contribution in [-0.4, -0.2) is 67.9 Å². The largest absolute Gasteiger partial charge is 0.337 e. The number of carbonyl (C=O) groups is 1. The van der Waals surface area contributed by atoms with E-state index in [2.05, 4.69) is 4.90 Å². The molecule has 1 amide bonds. The Bertz CT molecular complexity index is 717. The van der Waals surface area contributed by atoms with Crippen LogP contribution in [0.15, 0.2) is 30.3 Å². The van der Waals surface area contributed by atoms with Gasteiger partial charge in [-0.05, 0) is 25.0 Å². The van der Waals surface area contributed by atoms with Crippen LogP contribution in [0.3, 0.4) is 0 Å². The minimum Gasteiger partial charge on any atom is -0.337 e. The number of aryl methyl sites for hydroxylation is 1. The highest BCUT2D eigenvalue weighted by molar-refractivity contribution is 7.91. The van der Waals surface area contributed by atoms with E-state index in [-0.39, 0.29) is 17.7 Å². The molecule has 6 heteroatoms. The third-order valence-electron chi connectivity index (χ3n) is 4.85. The summed E-state index contributed by atoms with van der Waals surface area (Å²) in [5.74, 6) is 0.596. The maximum atomic E-state index is 12.3. The Morgan fingerprint density at radius 2 is 1.79 bits per heavy atom. The summed E-state index contributed by atoms with van der Waals surface area (Å²) in [6.07, 6.45) is 4.20. The van der Waals surface area contributed by atoms with Gasteiger partial charge in [-0.2, -0.15) is 0 Å². The Hall–Kier alpha value is -1.66. The Labute approximate surface area is 143 Å². The number of benzene rings is 1. The number of hydrogen-bond acceptors (Lipinski definition) is 4. The number of nitrogens with zero attached hydrogens (tertiary/aromatic N) is 2. The number of carbonyl (C=O) groups excluding carboxylic acids is 1. The zero-order valence-electron chi connectivity index (χ0n) is 14.0. The van der Waals surface area contributed by atoms with Crippen molar-refractivity contribution >= 4 is 21.8 Å². The van der Waals surface area contributed by atoms with Crippen LogP contribution in [0.2, 0.25) is 0 Å². The summed E-state index contributed by atoms with van der Waals surface area (Å²) in [5, 5.41) is 0. The summed E-state index contributed by atoms with van der Waals surface area (Å²) in [4.78, 5) is 16.4.